The fraction of sp³-hybridized carbons (Fsp3) is 0.867. The van der Waals surface area contributed by atoms with Crippen molar-refractivity contribution in [2.24, 2.45) is 5.73 Å². The van der Waals surface area contributed by atoms with Gasteiger partial charge < -0.3 is 10.3 Å². The summed E-state index contributed by atoms with van der Waals surface area (Å²) in [6.07, 6.45) is 9.45. The van der Waals surface area contributed by atoms with Crippen molar-refractivity contribution in [3.8, 4) is 0 Å². The van der Waals surface area contributed by atoms with E-state index in [-0.39, 0.29) is 0 Å². The zero-order valence-electron chi connectivity index (χ0n) is 13.3. The average Bonchev–Trinajstić information content (AvgIpc) is 2.85. The fourth-order valence-electron chi connectivity index (χ4n) is 2.29. The quantitative estimate of drug-likeness (QED) is 0.492. The summed E-state index contributed by atoms with van der Waals surface area (Å²) in [6.45, 7) is 7.03. The Morgan fingerprint density at radius 2 is 1.70 bits per heavy atom. The molecule has 0 aliphatic heterocycles. The van der Waals surface area contributed by atoms with E-state index < -0.39 is 0 Å². The predicted molar refractivity (Wildman–Crippen MR) is 87.0 cm³/mol. The molecule has 0 aliphatic carbocycles. The van der Waals surface area contributed by atoms with E-state index in [1.54, 1.807) is 0 Å². The zero-order valence-corrected chi connectivity index (χ0v) is 14.1. The fourth-order valence-corrected chi connectivity index (χ4v) is 3.37. The van der Waals surface area contributed by atoms with Crippen molar-refractivity contribution in [3.05, 3.63) is 5.82 Å². The second-order valence-electron chi connectivity index (χ2n) is 5.54. The van der Waals surface area contributed by atoms with E-state index >= 15 is 0 Å². The zero-order chi connectivity index (χ0) is 14.8. The monoisotopic (exact) mass is 298 g/mol. The molecule has 116 valence electrons. The lowest BCUT2D eigenvalue weighted by atomic mass is 10.1. The molecule has 1 rings (SSSR count). The van der Waals surface area contributed by atoms with Gasteiger partial charge in [0.25, 0.3) is 0 Å². The minimum absolute atomic E-state index is 0.375. The number of hydrogen-bond acceptors (Lipinski definition) is 4. The third kappa shape index (κ3) is 5.83. The van der Waals surface area contributed by atoms with Crippen LogP contribution < -0.4 is 5.73 Å². The number of unbranched alkanes of at least 4 members (excludes halogenated alkanes) is 6. The highest BCUT2D eigenvalue weighted by Crippen LogP contribution is 2.22. The first-order valence-electron chi connectivity index (χ1n) is 7.97. The van der Waals surface area contributed by atoms with Crippen LogP contribution in [-0.4, -0.2) is 20.5 Å². The minimum Gasteiger partial charge on any atom is -0.324 e. The molecule has 0 fully saturated rings. The number of thioether (sulfide) groups is 1. The van der Waals surface area contributed by atoms with Crippen molar-refractivity contribution >= 4 is 11.8 Å². The van der Waals surface area contributed by atoms with Gasteiger partial charge in [-0.25, -0.2) is 0 Å². The van der Waals surface area contributed by atoms with Gasteiger partial charge >= 0.3 is 0 Å². The second kappa shape index (κ2) is 10.2. The maximum Gasteiger partial charge on any atom is 0.191 e. The Hall–Kier alpha value is -0.550. The molecule has 0 bridgehead atoms. The van der Waals surface area contributed by atoms with Gasteiger partial charge in [0.2, 0.25) is 0 Å². The normalized spacial score (nSPS) is 11.4. The van der Waals surface area contributed by atoms with E-state index in [2.05, 4.69) is 35.5 Å². The molecule has 0 unspecified atom stereocenters. The van der Waals surface area contributed by atoms with Crippen LogP contribution in [0.3, 0.4) is 0 Å². The molecule has 5 heteroatoms. The highest BCUT2D eigenvalue weighted by atomic mass is 32.2. The summed E-state index contributed by atoms with van der Waals surface area (Å²) in [4.78, 5) is 0. The van der Waals surface area contributed by atoms with Gasteiger partial charge in [-0.05, 0) is 20.3 Å². The molecule has 0 saturated carbocycles. The summed E-state index contributed by atoms with van der Waals surface area (Å²) < 4.78 is 2.16. The van der Waals surface area contributed by atoms with E-state index in [0.29, 0.717) is 12.6 Å². The van der Waals surface area contributed by atoms with Gasteiger partial charge in [-0.2, -0.15) is 0 Å². The maximum atomic E-state index is 5.70. The van der Waals surface area contributed by atoms with Gasteiger partial charge in [0, 0.05) is 11.8 Å². The molecule has 1 heterocycles. The molecule has 0 spiro atoms. The smallest absolute Gasteiger partial charge is 0.191 e. The molecule has 0 saturated heterocycles. The van der Waals surface area contributed by atoms with Gasteiger partial charge in [0.05, 0.1) is 6.54 Å². The van der Waals surface area contributed by atoms with Crippen LogP contribution in [0.25, 0.3) is 0 Å². The molecule has 0 amide bonds. The molecule has 1 aromatic rings. The lowest BCUT2D eigenvalue weighted by molar-refractivity contribution is 0.526. The molecule has 0 atom stereocenters. The summed E-state index contributed by atoms with van der Waals surface area (Å²) >= 11 is 1.81. The lowest BCUT2D eigenvalue weighted by Crippen LogP contribution is -2.11. The van der Waals surface area contributed by atoms with Crippen molar-refractivity contribution in [2.45, 2.75) is 83.5 Å². The highest BCUT2D eigenvalue weighted by Gasteiger charge is 2.13. The van der Waals surface area contributed by atoms with Crippen molar-refractivity contribution in [3.63, 3.8) is 0 Å². The standard InChI is InChI=1S/C15H30N4S/c1-4-5-6-7-8-9-10-11-20-15-18-17-14(12-16)19(15)13(2)3/h13H,4-12,16H2,1-3H3. The van der Waals surface area contributed by atoms with Crippen LogP contribution in [0.4, 0.5) is 0 Å². The number of nitrogens with two attached hydrogens (primary N) is 1. The molecular weight excluding hydrogens is 268 g/mol. The molecule has 2 N–H and O–H groups in total. The largest absolute Gasteiger partial charge is 0.324 e. The van der Waals surface area contributed by atoms with Crippen LogP contribution in [-0.2, 0) is 6.54 Å². The lowest BCUT2D eigenvalue weighted by Gasteiger charge is -2.12. The Kier molecular flexibility index (Phi) is 8.94. The van der Waals surface area contributed by atoms with Gasteiger partial charge in [0.1, 0.15) is 5.82 Å². The van der Waals surface area contributed by atoms with Crippen LogP contribution in [0, 0.1) is 0 Å². The molecule has 0 aromatic carbocycles. The van der Waals surface area contributed by atoms with E-state index in [4.69, 9.17) is 5.73 Å². The van der Waals surface area contributed by atoms with E-state index in [1.807, 2.05) is 11.8 Å². The van der Waals surface area contributed by atoms with Crippen LogP contribution in [0.5, 0.6) is 0 Å². The van der Waals surface area contributed by atoms with Crippen molar-refractivity contribution in [1.82, 2.24) is 14.8 Å². The van der Waals surface area contributed by atoms with Crippen LogP contribution in [0.2, 0.25) is 0 Å². The first-order valence-corrected chi connectivity index (χ1v) is 8.95. The Morgan fingerprint density at radius 3 is 2.30 bits per heavy atom. The summed E-state index contributed by atoms with van der Waals surface area (Å²) in [5, 5.41) is 9.45. The Bertz CT molecular complexity index is 363. The van der Waals surface area contributed by atoms with Crippen LogP contribution in [0.15, 0.2) is 5.16 Å². The Balaban J connectivity index is 2.23. The molecule has 0 radical (unpaired) electrons. The summed E-state index contributed by atoms with van der Waals surface area (Å²) in [5.74, 6) is 2.02. The molecule has 20 heavy (non-hydrogen) atoms. The number of nitrogens with zero attached hydrogens (tertiary/aromatic N) is 3. The second-order valence-corrected chi connectivity index (χ2v) is 6.60. The van der Waals surface area contributed by atoms with Crippen molar-refractivity contribution < 1.29 is 0 Å². The third-order valence-corrected chi connectivity index (χ3v) is 4.44. The van der Waals surface area contributed by atoms with Gasteiger partial charge in [-0.3, -0.25) is 0 Å². The van der Waals surface area contributed by atoms with Gasteiger partial charge in [-0.15, -0.1) is 10.2 Å². The molecular formula is C15H30N4S. The summed E-state index contributed by atoms with van der Waals surface area (Å²) in [5.41, 5.74) is 5.70. The van der Waals surface area contributed by atoms with Crippen molar-refractivity contribution in [2.75, 3.05) is 5.75 Å². The summed E-state index contributed by atoms with van der Waals surface area (Å²) in [7, 11) is 0. The van der Waals surface area contributed by atoms with Crippen LogP contribution in [0.1, 0.15) is 77.6 Å². The molecule has 4 nitrogen and oxygen atoms in total. The number of rotatable bonds is 11. The number of aromatic nitrogens is 3. The van der Waals surface area contributed by atoms with E-state index in [9.17, 15) is 0 Å². The summed E-state index contributed by atoms with van der Waals surface area (Å²) in [6, 6.07) is 0.375. The SMILES string of the molecule is CCCCCCCCCSc1nnc(CN)n1C(C)C. The van der Waals surface area contributed by atoms with Crippen molar-refractivity contribution in [1.29, 1.82) is 0 Å². The average molecular weight is 299 g/mol. The topological polar surface area (TPSA) is 56.7 Å². The number of hydrogen-bond donors (Lipinski definition) is 1. The first-order chi connectivity index (χ1) is 9.70. The Morgan fingerprint density at radius 1 is 1.05 bits per heavy atom. The highest BCUT2D eigenvalue weighted by molar-refractivity contribution is 7.99. The maximum absolute atomic E-state index is 5.70. The van der Waals surface area contributed by atoms with E-state index in [1.165, 1.54) is 44.9 Å². The van der Waals surface area contributed by atoms with Gasteiger partial charge in [0.15, 0.2) is 5.16 Å². The predicted octanol–water partition coefficient (Wildman–Crippen LogP) is 4.16. The van der Waals surface area contributed by atoms with Gasteiger partial charge in [-0.1, -0.05) is 57.2 Å². The minimum atomic E-state index is 0.375. The van der Waals surface area contributed by atoms with Crippen LogP contribution >= 0.6 is 11.8 Å². The van der Waals surface area contributed by atoms with E-state index in [0.717, 1.165) is 16.7 Å². The molecule has 0 aliphatic rings. The third-order valence-electron chi connectivity index (χ3n) is 3.41. The Labute approximate surface area is 127 Å². The first kappa shape index (κ1) is 17.5. The molecule has 1 aromatic heterocycles.